The fourth-order valence-electron chi connectivity index (χ4n) is 2.20. The Hall–Kier alpha value is -3.20. The van der Waals surface area contributed by atoms with E-state index in [0.29, 0.717) is 12.1 Å². The van der Waals surface area contributed by atoms with Crippen LogP contribution in [0.5, 0.6) is 0 Å². The highest BCUT2D eigenvalue weighted by molar-refractivity contribution is 7.99. The first kappa shape index (κ1) is 19.6. The summed E-state index contributed by atoms with van der Waals surface area (Å²) < 4.78 is 18.2. The largest absolute Gasteiger partial charge is 0.414 e. The number of carbonyl (C=O) groups is 2. The van der Waals surface area contributed by atoms with E-state index in [9.17, 15) is 14.0 Å². The molecule has 0 spiro atoms. The highest BCUT2D eigenvalue weighted by Gasteiger charge is 2.11. The van der Waals surface area contributed by atoms with Gasteiger partial charge in [0.05, 0.1) is 12.3 Å². The molecule has 28 heavy (non-hydrogen) atoms. The minimum absolute atomic E-state index is 0.0953. The maximum atomic E-state index is 12.8. The van der Waals surface area contributed by atoms with E-state index in [-0.39, 0.29) is 41.0 Å². The van der Waals surface area contributed by atoms with E-state index in [2.05, 4.69) is 20.8 Å². The number of rotatable bonds is 8. The topological polar surface area (TPSA) is 97.1 Å². The van der Waals surface area contributed by atoms with E-state index in [4.69, 9.17) is 4.42 Å². The van der Waals surface area contributed by atoms with E-state index in [1.54, 1.807) is 36.4 Å². The highest BCUT2D eigenvalue weighted by Crippen LogP contribution is 2.15. The Labute approximate surface area is 164 Å². The SMILES string of the molecule is O=C(CSc1nnc(CNC(=O)c2ccccc2)o1)NCc1ccc(F)cc1. The second kappa shape index (κ2) is 9.65. The molecule has 0 aliphatic heterocycles. The Morgan fingerprint density at radius 1 is 0.964 bits per heavy atom. The lowest BCUT2D eigenvalue weighted by Crippen LogP contribution is -2.24. The smallest absolute Gasteiger partial charge is 0.277 e. The molecule has 1 heterocycles. The number of amides is 2. The van der Waals surface area contributed by atoms with Gasteiger partial charge in [0.15, 0.2) is 0 Å². The van der Waals surface area contributed by atoms with Crippen LogP contribution in [-0.2, 0) is 17.9 Å². The van der Waals surface area contributed by atoms with Gasteiger partial charge in [-0.3, -0.25) is 9.59 Å². The average molecular weight is 400 g/mol. The van der Waals surface area contributed by atoms with Crippen molar-refractivity contribution in [3.05, 3.63) is 77.4 Å². The molecule has 3 aromatic rings. The number of aromatic nitrogens is 2. The van der Waals surface area contributed by atoms with E-state index >= 15 is 0 Å². The highest BCUT2D eigenvalue weighted by atomic mass is 32.2. The first-order valence-electron chi connectivity index (χ1n) is 8.40. The van der Waals surface area contributed by atoms with Crippen LogP contribution in [0.25, 0.3) is 0 Å². The van der Waals surface area contributed by atoms with Gasteiger partial charge in [0, 0.05) is 12.1 Å². The number of carbonyl (C=O) groups excluding carboxylic acids is 2. The molecule has 0 atom stereocenters. The lowest BCUT2D eigenvalue weighted by molar-refractivity contribution is -0.118. The van der Waals surface area contributed by atoms with Crippen molar-refractivity contribution in [2.75, 3.05) is 5.75 Å². The van der Waals surface area contributed by atoms with Crippen molar-refractivity contribution in [1.82, 2.24) is 20.8 Å². The lowest BCUT2D eigenvalue weighted by atomic mass is 10.2. The summed E-state index contributed by atoms with van der Waals surface area (Å²) >= 11 is 1.09. The Morgan fingerprint density at radius 3 is 2.46 bits per heavy atom. The molecular formula is C19H17FN4O3S. The summed E-state index contributed by atoms with van der Waals surface area (Å²) in [6.07, 6.45) is 0. The maximum absolute atomic E-state index is 12.8. The predicted octanol–water partition coefficient (Wildman–Crippen LogP) is 2.55. The van der Waals surface area contributed by atoms with Crippen LogP contribution < -0.4 is 10.6 Å². The zero-order chi connectivity index (χ0) is 19.8. The second-order valence-electron chi connectivity index (χ2n) is 5.70. The number of nitrogens with zero attached hydrogens (tertiary/aromatic N) is 2. The third-order valence-electron chi connectivity index (χ3n) is 3.61. The minimum Gasteiger partial charge on any atom is -0.414 e. The molecule has 2 amide bonds. The molecule has 0 radical (unpaired) electrons. The molecule has 1 aromatic heterocycles. The Kier molecular flexibility index (Phi) is 6.74. The minimum atomic E-state index is -0.321. The average Bonchev–Trinajstić information content (AvgIpc) is 3.18. The molecule has 0 aliphatic carbocycles. The van der Waals surface area contributed by atoms with Crippen molar-refractivity contribution in [3.8, 4) is 0 Å². The zero-order valence-corrected chi connectivity index (χ0v) is 15.5. The van der Waals surface area contributed by atoms with Gasteiger partial charge < -0.3 is 15.1 Å². The van der Waals surface area contributed by atoms with Gasteiger partial charge in [-0.05, 0) is 29.8 Å². The van der Waals surface area contributed by atoms with Crippen LogP contribution in [0.3, 0.4) is 0 Å². The number of thioether (sulfide) groups is 1. The van der Waals surface area contributed by atoms with Crippen molar-refractivity contribution < 1.29 is 18.4 Å². The number of hydrogen-bond donors (Lipinski definition) is 2. The van der Waals surface area contributed by atoms with Gasteiger partial charge >= 0.3 is 0 Å². The molecule has 144 valence electrons. The summed E-state index contributed by atoms with van der Waals surface area (Å²) in [5.41, 5.74) is 1.34. The third kappa shape index (κ3) is 5.92. The Morgan fingerprint density at radius 2 is 1.71 bits per heavy atom. The molecule has 0 fully saturated rings. The first-order chi connectivity index (χ1) is 13.6. The van der Waals surface area contributed by atoms with E-state index in [1.807, 2.05) is 6.07 Å². The summed E-state index contributed by atoms with van der Waals surface area (Å²) in [4.78, 5) is 23.8. The van der Waals surface area contributed by atoms with Gasteiger partial charge in [0.1, 0.15) is 5.82 Å². The van der Waals surface area contributed by atoms with Crippen LogP contribution in [0.1, 0.15) is 21.8 Å². The van der Waals surface area contributed by atoms with Crippen LogP contribution in [0.2, 0.25) is 0 Å². The number of benzene rings is 2. The summed E-state index contributed by atoms with van der Waals surface area (Å²) in [5.74, 6) is -0.435. The Bertz CT molecular complexity index is 932. The van der Waals surface area contributed by atoms with Gasteiger partial charge in [0.2, 0.25) is 11.8 Å². The van der Waals surface area contributed by atoms with Crippen molar-refractivity contribution in [2.24, 2.45) is 0 Å². The molecule has 2 N–H and O–H groups in total. The normalized spacial score (nSPS) is 10.5. The van der Waals surface area contributed by atoms with Crippen LogP contribution >= 0.6 is 11.8 Å². The molecule has 0 unspecified atom stereocenters. The Balaban J connectivity index is 1.39. The van der Waals surface area contributed by atoms with Crippen LogP contribution in [-0.4, -0.2) is 27.8 Å². The number of hydrogen-bond acceptors (Lipinski definition) is 6. The predicted molar refractivity (Wildman–Crippen MR) is 101 cm³/mol. The van der Waals surface area contributed by atoms with Crippen molar-refractivity contribution in [2.45, 2.75) is 18.3 Å². The fraction of sp³-hybridized carbons (Fsp3) is 0.158. The van der Waals surface area contributed by atoms with Gasteiger partial charge in [-0.25, -0.2) is 4.39 Å². The monoisotopic (exact) mass is 400 g/mol. The van der Waals surface area contributed by atoms with Crippen LogP contribution in [0.4, 0.5) is 4.39 Å². The molecule has 2 aromatic carbocycles. The van der Waals surface area contributed by atoms with E-state index < -0.39 is 0 Å². The number of halogens is 1. The second-order valence-corrected chi connectivity index (χ2v) is 6.63. The van der Waals surface area contributed by atoms with Crippen LogP contribution in [0.15, 0.2) is 64.2 Å². The standard InChI is InChI=1S/C19H17FN4O3S/c20-15-8-6-13(7-9-15)10-21-16(25)12-28-19-24-23-17(27-19)11-22-18(26)14-4-2-1-3-5-14/h1-9H,10-12H2,(H,21,25)(H,22,26). The summed E-state index contributed by atoms with van der Waals surface area (Å²) in [6, 6.07) is 14.7. The molecule has 7 nitrogen and oxygen atoms in total. The van der Waals surface area contributed by atoms with Crippen molar-refractivity contribution in [3.63, 3.8) is 0 Å². The maximum Gasteiger partial charge on any atom is 0.277 e. The van der Waals surface area contributed by atoms with E-state index in [1.165, 1.54) is 12.1 Å². The molecule has 9 heteroatoms. The quantitative estimate of drug-likeness (QED) is 0.564. The molecule has 0 saturated carbocycles. The third-order valence-corrected chi connectivity index (χ3v) is 4.43. The van der Waals surface area contributed by atoms with Gasteiger partial charge in [-0.1, -0.05) is 42.1 Å². The lowest BCUT2D eigenvalue weighted by Gasteiger charge is -2.04. The molecule has 0 saturated heterocycles. The summed E-state index contributed by atoms with van der Waals surface area (Å²) in [7, 11) is 0. The first-order valence-corrected chi connectivity index (χ1v) is 9.38. The van der Waals surface area contributed by atoms with Crippen molar-refractivity contribution in [1.29, 1.82) is 0 Å². The van der Waals surface area contributed by atoms with E-state index in [0.717, 1.165) is 17.3 Å². The van der Waals surface area contributed by atoms with Gasteiger partial charge in [0.25, 0.3) is 11.1 Å². The summed E-state index contributed by atoms with van der Waals surface area (Å²) in [5, 5.41) is 13.3. The fourth-order valence-corrected chi connectivity index (χ4v) is 2.81. The van der Waals surface area contributed by atoms with Gasteiger partial charge in [-0.2, -0.15) is 0 Å². The molecule has 3 rings (SSSR count). The van der Waals surface area contributed by atoms with Gasteiger partial charge in [-0.15, -0.1) is 10.2 Å². The molecule has 0 bridgehead atoms. The summed E-state index contributed by atoms with van der Waals surface area (Å²) in [6.45, 7) is 0.401. The molecule has 0 aliphatic rings. The van der Waals surface area contributed by atoms with Crippen LogP contribution in [0, 0.1) is 5.82 Å². The number of nitrogens with one attached hydrogen (secondary N) is 2. The molecular weight excluding hydrogens is 383 g/mol. The zero-order valence-electron chi connectivity index (χ0n) is 14.7. The van der Waals surface area contributed by atoms with Crippen molar-refractivity contribution >= 4 is 23.6 Å².